The Morgan fingerprint density at radius 1 is 1.15 bits per heavy atom. The molecular weight excluding hydrogens is 334 g/mol. The average molecular weight is 359 g/mol. The molecule has 2 amide bonds. The maximum absolute atomic E-state index is 12.5. The van der Waals surface area contributed by atoms with Crippen molar-refractivity contribution in [1.29, 1.82) is 5.41 Å². The van der Waals surface area contributed by atoms with Crippen molar-refractivity contribution in [3.05, 3.63) is 23.9 Å². The topological polar surface area (TPSA) is 100 Å². The van der Waals surface area contributed by atoms with Gasteiger partial charge in [0.15, 0.2) is 0 Å². The largest absolute Gasteiger partial charge is 0.469 e. The number of ether oxygens (including phenoxy) is 1. The van der Waals surface area contributed by atoms with Gasteiger partial charge >= 0.3 is 5.97 Å². The van der Waals surface area contributed by atoms with Crippen molar-refractivity contribution < 1.29 is 19.1 Å². The summed E-state index contributed by atoms with van der Waals surface area (Å²) in [6, 6.07) is 3.60. The monoisotopic (exact) mass is 359 g/mol. The third-order valence-electron chi connectivity index (χ3n) is 4.41. The van der Waals surface area contributed by atoms with E-state index in [1.807, 2.05) is 6.07 Å². The Bertz CT molecular complexity index is 627. The highest BCUT2D eigenvalue weighted by Gasteiger charge is 2.42. The summed E-state index contributed by atoms with van der Waals surface area (Å²) < 4.78 is 4.61. The minimum Gasteiger partial charge on any atom is -0.469 e. The number of carbonyl (C=O) groups is 3. The molecule has 1 aromatic heterocycles. The molecule has 0 aromatic carbocycles. The zero-order valence-electron chi connectivity index (χ0n) is 15.1. The van der Waals surface area contributed by atoms with E-state index in [2.05, 4.69) is 16.4 Å². The highest BCUT2D eigenvalue weighted by atomic mass is 16.5. The molecule has 7 heteroatoms. The maximum Gasteiger partial charge on any atom is 0.305 e. The molecule has 0 unspecified atom stereocenters. The zero-order valence-corrected chi connectivity index (χ0v) is 15.1. The summed E-state index contributed by atoms with van der Waals surface area (Å²) in [6.07, 6.45) is 6.87. The predicted molar refractivity (Wildman–Crippen MR) is 97.0 cm³/mol. The van der Waals surface area contributed by atoms with Gasteiger partial charge in [0.25, 0.3) is 0 Å². The summed E-state index contributed by atoms with van der Waals surface area (Å²) in [5.74, 6) is -0.0736. The van der Waals surface area contributed by atoms with Crippen molar-refractivity contribution in [2.24, 2.45) is 11.8 Å². The Morgan fingerprint density at radius 3 is 2.15 bits per heavy atom. The summed E-state index contributed by atoms with van der Waals surface area (Å²) in [4.78, 5) is 41.6. The number of aromatic nitrogens is 1. The minimum atomic E-state index is -0.226. The molecular formula is C19H25N3O4. The van der Waals surface area contributed by atoms with Crippen LogP contribution >= 0.6 is 0 Å². The zero-order chi connectivity index (χ0) is 19.1. The van der Waals surface area contributed by atoms with Crippen LogP contribution in [0.3, 0.4) is 0 Å². The molecule has 2 aliphatic rings. The molecule has 0 bridgehead atoms. The Morgan fingerprint density at radius 2 is 1.73 bits per heavy atom. The lowest BCUT2D eigenvalue weighted by molar-refractivity contribution is -0.140. The van der Waals surface area contributed by atoms with Crippen LogP contribution in [0.2, 0.25) is 0 Å². The van der Waals surface area contributed by atoms with Crippen LogP contribution in [0.5, 0.6) is 0 Å². The molecule has 0 atom stereocenters. The first-order valence-corrected chi connectivity index (χ1v) is 8.85. The van der Waals surface area contributed by atoms with E-state index in [1.54, 1.807) is 12.3 Å². The number of nitrogens with one attached hydrogen (secondary N) is 1. The van der Waals surface area contributed by atoms with E-state index in [0.717, 1.165) is 31.2 Å². The van der Waals surface area contributed by atoms with Gasteiger partial charge in [-0.25, -0.2) is 9.88 Å². The van der Waals surface area contributed by atoms with Crippen LogP contribution in [0.25, 0.3) is 0 Å². The Balaban J connectivity index is 0.00000117. The molecule has 7 nitrogen and oxygen atoms in total. The molecule has 140 valence electrons. The van der Waals surface area contributed by atoms with Crippen molar-refractivity contribution in [3.8, 4) is 0 Å². The second kappa shape index (κ2) is 9.22. The van der Waals surface area contributed by atoms with E-state index in [4.69, 9.17) is 5.41 Å². The lowest BCUT2D eigenvalue weighted by Crippen LogP contribution is -2.39. The van der Waals surface area contributed by atoms with Gasteiger partial charge in [0.05, 0.1) is 7.11 Å². The van der Waals surface area contributed by atoms with Crippen molar-refractivity contribution in [2.75, 3.05) is 12.0 Å². The third kappa shape index (κ3) is 5.21. The van der Waals surface area contributed by atoms with Crippen LogP contribution in [0.1, 0.15) is 44.1 Å². The third-order valence-corrected chi connectivity index (χ3v) is 4.41. The fourth-order valence-corrected chi connectivity index (χ4v) is 2.60. The smallest absolute Gasteiger partial charge is 0.305 e. The summed E-state index contributed by atoms with van der Waals surface area (Å²) in [7, 11) is 1.38. The average Bonchev–Trinajstić information content (AvgIpc) is 3.56. The number of methoxy groups -OCH3 is 1. The van der Waals surface area contributed by atoms with Gasteiger partial charge in [-0.2, -0.15) is 0 Å². The Hall–Kier alpha value is -2.57. The van der Waals surface area contributed by atoms with Crippen LogP contribution in [0, 0.1) is 17.2 Å². The van der Waals surface area contributed by atoms with Crippen LogP contribution in [0.15, 0.2) is 18.3 Å². The quantitative estimate of drug-likeness (QED) is 0.458. The summed E-state index contributed by atoms with van der Waals surface area (Å²) in [5.41, 5.74) is 0.973. The van der Waals surface area contributed by atoms with Crippen molar-refractivity contribution in [1.82, 2.24) is 4.98 Å². The Labute approximate surface area is 153 Å². The number of aryl methyl sites for hydroxylation is 1. The molecule has 0 saturated heterocycles. The van der Waals surface area contributed by atoms with Gasteiger partial charge in [0.2, 0.25) is 11.8 Å². The molecule has 1 N–H and O–H groups in total. The maximum atomic E-state index is 12.5. The molecule has 0 spiro atoms. The number of esters is 1. The number of carbonyl (C=O) groups excluding carboxylic acids is 3. The molecule has 2 fully saturated rings. The van der Waals surface area contributed by atoms with E-state index in [-0.39, 0.29) is 29.6 Å². The molecule has 26 heavy (non-hydrogen) atoms. The van der Waals surface area contributed by atoms with E-state index < -0.39 is 0 Å². The lowest BCUT2D eigenvalue weighted by atomic mass is 10.1. The van der Waals surface area contributed by atoms with Gasteiger partial charge in [0, 0.05) is 24.5 Å². The lowest BCUT2D eigenvalue weighted by Gasteiger charge is -2.20. The summed E-state index contributed by atoms with van der Waals surface area (Å²) in [5, 5.41) is 5.50. The van der Waals surface area contributed by atoms with Gasteiger partial charge < -0.3 is 10.1 Å². The second-order valence-electron chi connectivity index (χ2n) is 6.51. The molecule has 1 aromatic rings. The number of rotatable bonds is 7. The standard InChI is InChI=1S/C18H22N2O4.CH3N/c1-24-16(21)4-2-3-12-5-10-15(19-11-12)20(17(22)13-6-7-13)18(23)14-8-9-14;1-2/h5,10-11,13-14H,2-4,6-9H2,1H3;2H,1H2. The SMILES string of the molecule is C=N.COC(=O)CCCc1ccc(N(C(=O)C2CC2)C(=O)C2CC2)nc1. The molecule has 3 rings (SSSR count). The molecule has 2 saturated carbocycles. The first-order chi connectivity index (χ1) is 12.6. The van der Waals surface area contributed by atoms with Gasteiger partial charge in [-0.15, -0.1) is 0 Å². The molecule has 2 aliphatic carbocycles. The highest BCUT2D eigenvalue weighted by Crippen LogP contribution is 2.37. The number of hydrogen-bond acceptors (Lipinski definition) is 6. The van der Waals surface area contributed by atoms with Gasteiger partial charge in [-0.05, 0) is 56.9 Å². The van der Waals surface area contributed by atoms with Gasteiger partial charge in [-0.3, -0.25) is 14.4 Å². The van der Waals surface area contributed by atoms with Crippen LogP contribution in [-0.4, -0.2) is 36.6 Å². The van der Waals surface area contributed by atoms with Gasteiger partial charge in [0.1, 0.15) is 5.82 Å². The number of nitrogens with zero attached hydrogens (tertiary/aromatic N) is 2. The second-order valence-corrected chi connectivity index (χ2v) is 6.51. The van der Waals surface area contributed by atoms with Crippen molar-refractivity contribution in [2.45, 2.75) is 44.9 Å². The fraction of sp³-hybridized carbons (Fsp3) is 0.526. The number of amides is 2. The minimum absolute atomic E-state index is 0.0192. The first kappa shape index (κ1) is 19.8. The van der Waals surface area contributed by atoms with E-state index >= 15 is 0 Å². The van der Waals surface area contributed by atoms with E-state index in [9.17, 15) is 14.4 Å². The van der Waals surface area contributed by atoms with Gasteiger partial charge in [-0.1, -0.05) is 6.07 Å². The molecule has 1 heterocycles. The van der Waals surface area contributed by atoms with Crippen LogP contribution in [-0.2, 0) is 25.5 Å². The molecule has 0 aliphatic heterocycles. The van der Waals surface area contributed by atoms with Crippen LogP contribution < -0.4 is 4.90 Å². The summed E-state index contributed by atoms with van der Waals surface area (Å²) >= 11 is 0. The number of hydrogen-bond donors (Lipinski definition) is 1. The summed E-state index contributed by atoms with van der Waals surface area (Å²) in [6.45, 7) is 2.50. The van der Waals surface area contributed by atoms with E-state index in [0.29, 0.717) is 25.1 Å². The first-order valence-electron chi connectivity index (χ1n) is 8.85. The van der Waals surface area contributed by atoms with Crippen molar-refractivity contribution >= 4 is 30.3 Å². The highest BCUT2D eigenvalue weighted by molar-refractivity contribution is 6.16. The Kier molecular flexibility index (Phi) is 7.00. The fourth-order valence-electron chi connectivity index (χ4n) is 2.60. The predicted octanol–water partition coefficient (Wildman–Crippen LogP) is 2.52. The van der Waals surface area contributed by atoms with Crippen LogP contribution in [0.4, 0.5) is 5.82 Å². The molecule has 0 radical (unpaired) electrons. The van der Waals surface area contributed by atoms with E-state index in [1.165, 1.54) is 12.0 Å². The number of imide groups is 1. The number of anilines is 1. The van der Waals surface area contributed by atoms with Crippen molar-refractivity contribution in [3.63, 3.8) is 0 Å². The normalized spacial score (nSPS) is 15.4. The number of pyridine rings is 1.